The van der Waals surface area contributed by atoms with Gasteiger partial charge in [0.1, 0.15) is 11.6 Å². The Balaban J connectivity index is 2.52. The van der Waals surface area contributed by atoms with Crippen LogP contribution in [0.15, 0.2) is 4.99 Å². The number of carbonyl (C=O) groups excluding carboxylic acids is 1. The molecule has 92 valence electrons. The second-order valence-corrected chi connectivity index (χ2v) is 5.54. The third kappa shape index (κ3) is 3.83. The molecular formula is C12H22N2O2. The molecule has 0 aromatic carbocycles. The Morgan fingerprint density at radius 3 is 2.38 bits per heavy atom. The lowest BCUT2D eigenvalue weighted by molar-refractivity contribution is 0.0459. The molecule has 1 heterocycles. The van der Waals surface area contributed by atoms with Crippen LogP contribution in [-0.2, 0) is 4.74 Å². The van der Waals surface area contributed by atoms with Gasteiger partial charge in [0.25, 0.3) is 0 Å². The van der Waals surface area contributed by atoms with Gasteiger partial charge < -0.3 is 10.1 Å². The van der Waals surface area contributed by atoms with Gasteiger partial charge in [0.2, 0.25) is 0 Å². The zero-order valence-corrected chi connectivity index (χ0v) is 10.8. The second kappa shape index (κ2) is 4.44. The monoisotopic (exact) mass is 226 g/mol. The Hall–Kier alpha value is -1.06. The van der Waals surface area contributed by atoms with Gasteiger partial charge in [0, 0.05) is 6.21 Å². The van der Waals surface area contributed by atoms with Crippen molar-refractivity contribution in [1.29, 1.82) is 0 Å². The molecule has 4 heteroatoms. The molecule has 0 aromatic rings. The Kier molecular flexibility index (Phi) is 3.61. The van der Waals surface area contributed by atoms with E-state index in [2.05, 4.69) is 17.2 Å². The molecule has 0 bridgehead atoms. The molecule has 2 atom stereocenters. The summed E-state index contributed by atoms with van der Waals surface area (Å²) in [6, 6.07) is 0.139. The van der Waals surface area contributed by atoms with Crippen molar-refractivity contribution in [1.82, 2.24) is 5.32 Å². The maximum atomic E-state index is 11.7. The molecule has 1 amide bonds. The van der Waals surface area contributed by atoms with E-state index in [4.69, 9.17) is 4.74 Å². The smallest absolute Gasteiger partial charge is 0.408 e. The van der Waals surface area contributed by atoms with E-state index in [0.717, 1.165) is 12.8 Å². The van der Waals surface area contributed by atoms with Crippen LogP contribution in [0, 0.1) is 0 Å². The first-order chi connectivity index (χ1) is 7.27. The fraction of sp³-hybridized carbons (Fsp3) is 0.833. The number of aliphatic imine (C=N–C) groups is 1. The minimum atomic E-state index is -0.457. The predicted molar refractivity (Wildman–Crippen MR) is 65.0 cm³/mol. The van der Waals surface area contributed by atoms with Crippen LogP contribution in [0.25, 0.3) is 0 Å². The number of nitrogens with one attached hydrogen (secondary N) is 1. The summed E-state index contributed by atoms with van der Waals surface area (Å²) in [6.07, 6.45) is 3.41. The number of rotatable bonds is 4. The van der Waals surface area contributed by atoms with Crippen LogP contribution in [0.4, 0.5) is 4.79 Å². The van der Waals surface area contributed by atoms with Crippen molar-refractivity contribution in [2.45, 2.75) is 64.6 Å². The van der Waals surface area contributed by atoms with Crippen molar-refractivity contribution < 1.29 is 9.53 Å². The molecule has 0 aromatic heterocycles. The number of alkyl carbamates (subject to hydrolysis) is 1. The average molecular weight is 226 g/mol. The van der Waals surface area contributed by atoms with Crippen molar-refractivity contribution in [3.63, 3.8) is 0 Å². The first kappa shape index (κ1) is 13.0. The molecule has 1 aliphatic rings. The topological polar surface area (TPSA) is 50.7 Å². The minimum Gasteiger partial charge on any atom is -0.444 e. The number of hydrogen-bond donors (Lipinski definition) is 1. The number of nitrogens with zero attached hydrogens (tertiary/aromatic N) is 1. The molecule has 0 saturated carbocycles. The fourth-order valence-corrected chi connectivity index (χ4v) is 1.71. The number of hydrogen-bond acceptors (Lipinski definition) is 3. The molecular weight excluding hydrogens is 204 g/mol. The normalized spacial score (nSPS) is 22.4. The highest BCUT2D eigenvalue weighted by Gasteiger charge is 2.39. The van der Waals surface area contributed by atoms with Crippen LogP contribution >= 0.6 is 0 Å². The molecule has 2 unspecified atom stereocenters. The van der Waals surface area contributed by atoms with Gasteiger partial charge in [0.15, 0.2) is 0 Å². The van der Waals surface area contributed by atoms with E-state index >= 15 is 0 Å². The molecule has 1 rings (SSSR count). The summed E-state index contributed by atoms with van der Waals surface area (Å²) in [5.41, 5.74) is -0.751. The van der Waals surface area contributed by atoms with Crippen LogP contribution in [0.5, 0.6) is 0 Å². The maximum absolute atomic E-state index is 11.7. The molecule has 16 heavy (non-hydrogen) atoms. The summed E-state index contributed by atoms with van der Waals surface area (Å²) in [6.45, 7) is 9.68. The van der Waals surface area contributed by atoms with E-state index in [0.29, 0.717) is 0 Å². The second-order valence-electron chi connectivity index (χ2n) is 5.54. The number of carbonyl (C=O) groups is 1. The SMILES string of the molecule is CCCC(C)(NC(=O)OC(C)(C)C)C1C=N1. The third-order valence-corrected chi connectivity index (χ3v) is 2.51. The van der Waals surface area contributed by atoms with E-state index in [1.165, 1.54) is 0 Å². The molecule has 0 radical (unpaired) electrons. The fourth-order valence-electron chi connectivity index (χ4n) is 1.71. The van der Waals surface area contributed by atoms with Gasteiger partial charge in [-0.2, -0.15) is 0 Å². The van der Waals surface area contributed by atoms with Crippen molar-refractivity contribution in [3.05, 3.63) is 0 Å². The lowest BCUT2D eigenvalue weighted by Crippen LogP contribution is -2.52. The zero-order chi connectivity index (χ0) is 12.4. The van der Waals surface area contributed by atoms with Gasteiger partial charge in [-0.25, -0.2) is 4.79 Å². The van der Waals surface area contributed by atoms with E-state index in [9.17, 15) is 4.79 Å². The van der Waals surface area contributed by atoms with E-state index in [-0.39, 0.29) is 17.7 Å². The van der Waals surface area contributed by atoms with Crippen LogP contribution in [0.2, 0.25) is 0 Å². The van der Waals surface area contributed by atoms with Crippen LogP contribution in [0.3, 0.4) is 0 Å². The van der Waals surface area contributed by atoms with Crippen molar-refractivity contribution >= 4 is 12.3 Å². The molecule has 4 nitrogen and oxygen atoms in total. The summed E-state index contributed by atoms with van der Waals surface area (Å²) < 4.78 is 5.25. The van der Waals surface area contributed by atoms with Gasteiger partial charge in [-0.15, -0.1) is 0 Å². The van der Waals surface area contributed by atoms with Gasteiger partial charge >= 0.3 is 6.09 Å². The lowest BCUT2D eigenvalue weighted by Gasteiger charge is -2.31. The highest BCUT2D eigenvalue weighted by molar-refractivity contribution is 5.81. The molecule has 0 spiro atoms. The summed E-state index contributed by atoms with van der Waals surface area (Å²) >= 11 is 0. The zero-order valence-electron chi connectivity index (χ0n) is 10.8. The minimum absolute atomic E-state index is 0.139. The molecule has 0 aliphatic carbocycles. The average Bonchev–Trinajstić information content (AvgIpc) is 2.80. The Morgan fingerprint density at radius 2 is 2.00 bits per heavy atom. The van der Waals surface area contributed by atoms with E-state index in [1.807, 2.05) is 33.9 Å². The van der Waals surface area contributed by atoms with Crippen LogP contribution < -0.4 is 5.32 Å². The summed E-state index contributed by atoms with van der Waals surface area (Å²) in [5.74, 6) is 0. The molecule has 1 N–H and O–H groups in total. The van der Waals surface area contributed by atoms with Gasteiger partial charge in [0.05, 0.1) is 5.54 Å². The molecule has 0 saturated heterocycles. The van der Waals surface area contributed by atoms with Crippen molar-refractivity contribution in [3.8, 4) is 0 Å². The van der Waals surface area contributed by atoms with Crippen molar-refractivity contribution in [2.24, 2.45) is 4.99 Å². The first-order valence-electron chi connectivity index (χ1n) is 5.81. The summed E-state index contributed by atoms with van der Waals surface area (Å²) in [7, 11) is 0. The Bertz CT molecular complexity index is 288. The molecule has 0 fully saturated rings. The van der Waals surface area contributed by atoms with E-state index < -0.39 is 5.60 Å². The summed E-state index contributed by atoms with van der Waals surface area (Å²) in [4.78, 5) is 15.8. The van der Waals surface area contributed by atoms with Crippen LogP contribution in [-0.4, -0.2) is 29.5 Å². The number of ether oxygens (including phenoxy) is 1. The van der Waals surface area contributed by atoms with Crippen molar-refractivity contribution in [2.75, 3.05) is 0 Å². The van der Waals surface area contributed by atoms with Gasteiger partial charge in [-0.1, -0.05) is 13.3 Å². The van der Waals surface area contributed by atoms with Gasteiger partial charge in [-0.05, 0) is 34.1 Å². The number of amides is 1. The third-order valence-electron chi connectivity index (χ3n) is 2.51. The first-order valence-corrected chi connectivity index (χ1v) is 5.81. The summed E-state index contributed by atoms with van der Waals surface area (Å²) in [5, 5.41) is 2.93. The predicted octanol–water partition coefficient (Wildman–Crippen LogP) is 2.52. The Labute approximate surface area is 97.5 Å². The lowest BCUT2D eigenvalue weighted by atomic mass is 9.91. The standard InChI is InChI=1S/C12H22N2O2/c1-6-7-12(5,9-8-13-9)14-10(15)16-11(2,3)4/h8-9H,6-7H2,1-5H3,(H,14,15). The van der Waals surface area contributed by atoms with Crippen LogP contribution in [0.1, 0.15) is 47.5 Å². The molecule has 1 aliphatic heterocycles. The quantitative estimate of drug-likeness (QED) is 0.800. The maximum Gasteiger partial charge on any atom is 0.408 e. The highest BCUT2D eigenvalue weighted by Crippen LogP contribution is 2.25. The Morgan fingerprint density at radius 1 is 1.44 bits per heavy atom. The van der Waals surface area contributed by atoms with Gasteiger partial charge in [-0.3, -0.25) is 4.99 Å². The van der Waals surface area contributed by atoms with E-state index in [1.54, 1.807) is 0 Å². The largest absolute Gasteiger partial charge is 0.444 e. The highest BCUT2D eigenvalue weighted by atomic mass is 16.6.